The van der Waals surface area contributed by atoms with Gasteiger partial charge < -0.3 is 10.4 Å². The van der Waals surface area contributed by atoms with Crippen molar-refractivity contribution < 1.29 is 9.90 Å². The maximum absolute atomic E-state index is 12.0. The van der Waals surface area contributed by atoms with E-state index < -0.39 is 6.10 Å². The number of rotatable bonds is 6. The van der Waals surface area contributed by atoms with Crippen LogP contribution in [0.25, 0.3) is 0 Å². The molecule has 1 fully saturated rings. The molecule has 0 radical (unpaired) electrons. The maximum Gasteiger partial charge on any atom is 0.233 e. The van der Waals surface area contributed by atoms with Crippen molar-refractivity contribution in [3.05, 3.63) is 30.3 Å². The molecule has 1 aromatic carbocycles. The van der Waals surface area contributed by atoms with E-state index in [2.05, 4.69) is 5.32 Å². The molecule has 0 heterocycles. The van der Waals surface area contributed by atoms with Gasteiger partial charge in [-0.1, -0.05) is 31.0 Å². The molecular formula is C16H23NO2S. The van der Waals surface area contributed by atoms with Gasteiger partial charge in [0.1, 0.15) is 0 Å². The Morgan fingerprint density at radius 1 is 1.35 bits per heavy atom. The molecule has 2 unspecified atom stereocenters. The Kier molecular flexibility index (Phi) is 5.92. The molecule has 1 aliphatic carbocycles. The first-order chi connectivity index (χ1) is 9.66. The van der Waals surface area contributed by atoms with Crippen molar-refractivity contribution in [1.82, 2.24) is 5.32 Å². The van der Waals surface area contributed by atoms with Gasteiger partial charge in [-0.25, -0.2) is 0 Å². The van der Waals surface area contributed by atoms with E-state index in [0.717, 1.165) is 17.7 Å². The van der Waals surface area contributed by atoms with Crippen LogP contribution in [0.1, 0.15) is 32.6 Å². The minimum atomic E-state index is -0.393. The van der Waals surface area contributed by atoms with Crippen LogP contribution in [0.4, 0.5) is 0 Å². The number of hydrogen-bond acceptors (Lipinski definition) is 3. The van der Waals surface area contributed by atoms with Crippen LogP contribution in [-0.4, -0.2) is 28.9 Å². The number of amides is 1. The molecule has 1 aromatic rings. The van der Waals surface area contributed by atoms with Gasteiger partial charge in [-0.3, -0.25) is 4.79 Å². The molecule has 0 saturated heterocycles. The van der Waals surface area contributed by atoms with Gasteiger partial charge >= 0.3 is 0 Å². The predicted molar refractivity (Wildman–Crippen MR) is 82.7 cm³/mol. The van der Waals surface area contributed by atoms with E-state index in [-0.39, 0.29) is 11.2 Å². The summed E-state index contributed by atoms with van der Waals surface area (Å²) in [7, 11) is 0. The van der Waals surface area contributed by atoms with E-state index in [9.17, 15) is 9.90 Å². The van der Waals surface area contributed by atoms with Gasteiger partial charge in [-0.15, -0.1) is 11.8 Å². The fourth-order valence-corrected chi connectivity index (χ4v) is 3.53. The van der Waals surface area contributed by atoms with Crippen molar-refractivity contribution >= 4 is 17.7 Å². The molecule has 0 aliphatic heterocycles. The van der Waals surface area contributed by atoms with Crippen molar-refractivity contribution in [1.29, 1.82) is 0 Å². The maximum atomic E-state index is 12.0. The number of hydrogen-bond donors (Lipinski definition) is 2. The largest absolute Gasteiger partial charge is 0.391 e. The summed E-state index contributed by atoms with van der Waals surface area (Å²) in [4.78, 5) is 13.1. The third-order valence-electron chi connectivity index (χ3n) is 3.85. The van der Waals surface area contributed by atoms with E-state index in [4.69, 9.17) is 0 Å². The second kappa shape index (κ2) is 7.70. The molecule has 2 atom stereocenters. The quantitative estimate of drug-likeness (QED) is 0.793. The lowest BCUT2D eigenvalue weighted by molar-refractivity contribution is -0.120. The normalized spacial score (nSPS) is 18.7. The van der Waals surface area contributed by atoms with Crippen molar-refractivity contribution in [3.8, 4) is 0 Å². The van der Waals surface area contributed by atoms with Crippen LogP contribution in [0.3, 0.4) is 0 Å². The standard InChI is InChI=1S/C16H23NO2S/c1-12(20-14-9-3-2-4-10-14)16(19)17-11-15(18)13-7-5-6-8-13/h2-4,9-10,12-13,15,18H,5-8,11H2,1H3,(H,17,19). The average Bonchev–Trinajstić information content (AvgIpc) is 2.99. The highest BCUT2D eigenvalue weighted by Crippen LogP contribution is 2.27. The van der Waals surface area contributed by atoms with Gasteiger partial charge in [0.15, 0.2) is 0 Å². The number of carbonyl (C=O) groups excluding carboxylic acids is 1. The van der Waals surface area contributed by atoms with Crippen molar-refractivity contribution in [2.24, 2.45) is 5.92 Å². The van der Waals surface area contributed by atoms with Crippen LogP contribution in [0.5, 0.6) is 0 Å². The van der Waals surface area contributed by atoms with E-state index in [1.807, 2.05) is 37.3 Å². The van der Waals surface area contributed by atoms with E-state index >= 15 is 0 Å². The molecule has 110 valence electrons. The SMILES string of the molecule is CC(Sc1ccccc1)C(=O)NCC(O)C1CCCC1. The van der Waals surface area contributed by atoms with Crippen molar-refractivity contribution in [2.75, 3.05) is 6.54 Å². The third-order valence-corrected chi connectivity index (χ3v) is 4.97. The fourth-order valence-electron chi connectivity index (χ4n) is 2.61. The molecule has 0 spiro atoms. The molecular weight excluding hydrogens is 270 g/mol. The Morgan fingerprint density at radius 3 is 2.65 bits per heavy atom. The number of aliphatic hydroxyl groups excluding tert-OH is 1. The van der Waals surface area contributed by atoms with Gasteiger partial charge in [0, 0.05) is 11.4 Å². The second-order valence-electron chi connectivity index (χ2n) is 5.43. The van der Waals surface area contributed by atoms with Gasteiger partial charge in [0.2, 0.25) is 5.91 Å². The minimum absolute atomic E-state index is 0.00380. The zero-order chi connectivity index (χ0) is 14.4. The van der Waals surface area contributed by atoms with Crippen LogP contribution in [0, 0.1) is 5.92 Å². The average molecular weight is 293 g/mol. The summed E-state index contributed by atoms with van der Waals surface area (Å²) >= 11 is 1.54. The smallest absolute Gasteiger partial charge is 0.233 e. The molecule has 1 aliphatic rings. The first-order valence-corrected chi connectivity index (χ1v) is 8.22. The minimum Gasteiger partial charge on any atom is -0.391 e. The summed E-state index contributed by atoms with van der Waals surface area (Å²) in [5.74, 6) is 0.364. The van der Waals surface area contributed by atoms with Gasteiger partial charge in [0.05, 0.1) is 11.4 Å². The van der Waals surface area contributed by atoms with Crippen LogP contribution >= 0.6 is 11.8 Å². The van der Waals surface area contributed by atoms with Gasteiger partial charge in [0.25, 0.3) is 0 Å². The summed E-state index contributed by atoms with van der Waals surface area (Å²) in [5.41, 5.74) is 0. The molecule has 0 bridgehead atoms. The van der Waals surface area contributed by atoms with Crippen LogP contribution < -0.4 is 5.32 Å². The molecule has 0 aromatic heterocycles. The number of carbonyl (C=O) groups is 1. The number of aliphatic hydroxyl groups is 1. The molecule has 3 nitrogen and oxygen atoms in total. The highest BCUT2D eigenvalue weighted by atomic mass is 32.2. The summed E-state index contributed by atoms with van der Waals surface area (Å²) in [6, 6.07) is 9.91. The first-order valence-electron chi connectivity index (χ1n) is 7.34. The molecule has 2 rings (SSSR count). The van der Waals surface area contributed by atoms with Crippen molar-refractivity contribution in [2.45, 2.75) is 48.9 Å². The lowest BCUT2D eigenvalue weighted by atomic mass is 10.0. The highest BCUT2D eigenvalue weighted by molar-refractivity contribution is 8.00. The zero-order valence-electron chi connectivity index (χ0n) is 11.9. The molecule has 1 saturated carbocycles. The van der Waals surface area contributed by atoms with E-state index in [1.54, 1.807) is 11.8 Å². The summed E-state index contributed by atoms with van der Waals surface area (Å²) in [6.45, 7) is 2.28. The van der Waals surface area contributed by atoms with E-state index in [1.165, 1.54) is 12.8 Å². The Bertz CT molecular complexity index is 418. The van der Waals surface area contributed by atoms with Crippen LogP contribution in [-0.2, 0) is 4.79 Å². The lowest BCUT2D eigenvalue weighted by Crippen LogP contribution is -2.39. The van der Waals surface area contributed by atoms with Crippen LogP contribution in [0.15, 0.2) is 35.2 Å². The van der Waals surface area contributed by atoms with Gasteiger partial charge in [-0.05, 0) is 37.8 Å². The fraction of sp³-hybridized carbons (Fsp3) is 0.562. The van der Waals surface area contributed by atoms with E-state index in [0.29, 0.717) is 12.5 Å². The number of nitrogens with one attached hydrogen (secondary N) is 1. The number of thioether (sulfide) groups is 1. The first kappa shape index (κ1) is 15.4. The molecule has 20 heavy (non-hydrogen) atoms. The second-order valence-corrected chi connectivity index (χ2v) is 6.84. The summed E-state index contributed by atoms with van der Waals surface area (Å²) < 4.78 is 0. The summed E-state index contributed by atoms with van der Waals surface area (Å²) in [5, 5.41) is 12.8. The Balaban J connectivity index is 1.73. The Hall–Kier alpha value is -1.00. The molecule has 2 N–H and O–H groups in total. The Labute approximate surface area is 125 Å². The molecule has 4 heteroatoms. The Morgan fingerprint density at radius 2 is 2.00 bits per heavy atom. The topological polar surface area (TPSA) is 49.3 Å². The summed E-state index contributed by atoms with van der Waals surface area (Å²) in [6.07, 6.45) is 4.19. The van der Waals surface area contributed by atoms with Crippen molar-refractivity contribution in [3.63, 3.8) is 0 Å². The third kappa shape index (κ3) is 4.53. The molecule has 1 amide bonds. The monoisotopic (exact) mass is 293 g/mol. The predicted octanol–water partition coefficient (Wildman–Crippen LogP) is 2.83. The number of benzene rings is 1. The highest BCUT2D eigenvalue weighted by Gasteiger charge is 2.24. The van der Waals surface area contributed by atoms with Gasteiger partial charge in [-0.2, -0.15) is 0 Å². The van der Waals surface area contributed by atoms with Crippen LogP contribution in [0.2, 0.25) is 0 Å². The lowest BCUT2D eigenvalue weighted by Gasteiger charge is -2.19. The zero-order valence-corrected chi connectivity index (χ0v) is 12.7.